The van der Waals surface area contributed by atoms with Crippen LogP contribution < -0.4 is 10.9 Å². The van der Waals surface area contributed by atoms with Crippen molar-refractivity contribution in [2.45, 2.75) is 12.5 Å². The third-order valence-electron chi connectivity index (χ3n) is 5.89. The Labute approximate surface area is 236 Å². The number of carbonyl (C=O) groups is 4. The summed E-state index contributed by atoms with van der Waals surface area (Å²) in [4.78, 5) is 55.7. The number of carbonyl (C=O) groups excluding carboxylic acids is 4. The molecule has 1 atom stereocenters. The summed E-state index contributed by atoms with van der Waals surface area (Å²) in [5.74, 6) is -3.11. The van der Waals surface area contributed by atoms with Gasteiger partial charge < -0.3 is 9.25 Å². The lowest BCUT2D eigenvalue weighted by Crippen LogP contribution is -2.54. The van der Waals surface area contributed by atoms with E-state index in [4.69, 9.17) is 20.9 Å². The van der Waals surface area contributed by atoms with Crippen LogP contribution in [0, 0.1) is 0 Å². The Morgan fingerprint density at radius 3 is 2.56 bits per heavy atom. The van der Waals surface area contributed by atoms with E-state index < -0.39 is 23.8 Å². The number of benzene rings is 3. The van der Waals surface area contributed by atoms with E-state index in [9.17, 15) is 19.2 Å². The minimum Gasteiger partial charge on any atom is -0.449 e. The number of hydrogen-bond donors (Lipinski definition) is 2. The number of furan rings is 1. The summed E-state index contributed by atoms with van der Waals surface area (Å²) in [5.41, 5.74) is 6.54. The zero-order valence-corrected chi connectivity index (χ0v) is 21.8. The number of amides is 2. The van der Waals surface area contributed by atoms with Gasteiger partial charge in [-0.1, -0.05) is 60.1 Å². The molecule has 14 heteroatoms. The smallest absolute Gasteiger partial charge is 0.398 e. The normalized spacial score (nSPS) is 11.4. The van der Waals surface area contributed by atoms with Crippen LogP contribution in [0.1, 0.15) is 16.1 Å². The highest BCUT2D eigenvalue weighted by Gasteiger charge is 2.32. The number of tetrazole rings is 1. The molecule has 5 aromatic rings. The number of hydroxylamine groups is 1. The first-order valence-electron chi connectivity index (χ1n) is 12.0. The molecule has 1 unspecified atom stereocenters. The van der Waals surface area contributed by atoms with E-state index in [1.54, 1.807) is 66.7 Å². The average Bonchev–Trinajstić information content (AvgIpc) is 3.68. The number of fused-ring (bicyclic) bond motifs is 1. The van der Waals surface area contributed by atoms with Gasteiger partial charge in [0.15, 0.2) is 0 Å². The molecule has 0 fully saturated rings. The fraction of sp³-hybridized carbons (Fsp3) is 0.0741. The second-order valence-corrected chi connectivity index (χ2v) is 9.00. The molecule has 0 spiro atoms. The standard InChI is InChI=1S/C27H20ClN7O6/c28-19-10-11-21(34-16-29-32-33-34)20(14-19)30-35(25(37)15-36)22(12-17-6-2-1-3-7-17)26(38)31-41-27(39)24-13-18-8-4-5-9-23(18)40-24/h1-11,13-16,22,30H,12H2,(H,31,38). The number of halogens is 1. The van der Waals surface area contributed by atoms with E-state index in [1.165, 1.54) is 23.1 Å². The molecule has 2 heterocycles. The maximum absolute atomic E-state index is 13.5. The number of hydrogen-bond acceptors (Lipinski definition) is 10. The monoisotopic (exact) mass is 573 g/mol. The van der Waals surface area contributed by atoms with Gasteiger partial charge in [-0.05, 0) is 46.3 Å². The first-order chi connectivity index (χ1) is 19.9. The Kier molecular flexibility index (Phi) is 7.97. The summed E-state index contributed by atoms with van der Waals surface area (Å²) in [6, 6.07) is 20.4. The van der Waals surface area contributed by atoms with Crippen molar-refractivity contribution in [3.8, 4) is 5.69 Å². The summed E-state index contributed by atoms with van der Waals surface area (Å²) in [5, 5.41) is 12.8. The van der Waals surface area contributed by atoms with E-state index in [-0.39, 0.29) is 29.2 Å². The van der Waals surface area contributed by atoms with Crippen molar-refractivity contribution in [3.05, 3.63) is 102 Å². The van der Waals surface area contributed by atoms with Crippen molar-refractivity contribution in [2.75, 3.05) is 5.43 Å². The van der Waals surface area contributed by atoms with E-state index in [2.05, 4.69) is 26.4 Å². The maximum atomic E-state index is 13.5. The highest BCUT2D eigenvalue weighted by atomic mass is 35.5. The largest absolute Gasteiger partial charge is 0.449 e. The summed E-state index contributed by atoms with van der Waals surface area (Å²) < 4.78 is 6.78. The van der Waals surface area contributed by atoms with Gasteiger partial charge in [0.05, 0.1) is 11.4 Å². The molecule has 0 radical (unpaired) electrons. The predicted molar refractivity (Wildman–Crippen MR) is 144 cm³/mol. The van der Waals surface area contributed by atoms with E-state index >= 15 is 0 Å². The fourth-order valence-electron chi connectivity index (χ4n) is 3.98. The van der Waals surface area contributed by atoms with Crippen molar-refractivity contribution < 1.29 is 28.4 Å². The number of rotatable bonds is 9. The van der Waals surface area contributed by atoms with Gasteiger partial charge in [0, 0.05) is 16.8 Å². The van der Waals surface area contributed by atoms with E-state index in [1.807, 2.05) is 0 Å². The lowest BCUT2D eigenvalue weighted by atomic mass is 10.0. The summed E-state index contributed by atoms with van der Waals surface area (Å²) in [7, 11) is 0. The Hall–Kier alpha value is -5.56. The Bertz CT molecular complexity index is 1670. The molecule has 2 amide bonds. The Balaban J connectivity index is 1.43. The zero-order chi connectivity index (χ0) is 28.8. The van der Waals surface area contributed by atoms with Crippen molar-refractivity contribution >= 4 is 52.3 Å². The minimum atomic E-state index is -1.39. The van der Waals surface area contributed by atoms with Crippen molar-refractivity contribution in [2.24, 2.45) is 0 Å². The Morgan fingerprint density at radius 2 is 1.83 bits per heavy atom. The minimum absolute atomic E-state index is 0.0416. The SMILES string of the molecule is O=CC(=O)N(Nc1cc(Cl)ccc1-n1cnnn1)C(Cc1ccccc1)C(=O)NOC(=O)c1cc2ccccc2o1. The van der Waals surface area contributed by atoms with E-state index in [0.29, 0.717) is 22.2 Å². The molecule has 0 aliphatic heterocycles. The molecule has 0 saturated heterocycles. The van der Waals surface area contributed by atoms with Crippen LogP contribution in [0.15, 0.2) is 89.6 Å². The van der Waals surface area contributed by atoms with Crippen LogP contribution in [-0.2, 0) is 25.6 Å². The summed E-state index contributed by atoms with van der Waals surface area (Å²) in [6.07, 6.45) is 1.29. The number of anilines is 1. The number of hydrazine groups is 1. The van der Waals surface area contributed by atoms with Crippen molar-refractivity contribution in [3.63, 3.8) is 0 Å². The van der Waals surface area contributed by atoms with Gasteiger partial charge in [0.1, 0.15) is 18.0 Å². The molecule has 0 aliphatic carbocycles. The topological polar surface area (TPSA) is 162 Å². The molecule has 3 aromatic carbocycles. The van der Waals surface area contributed by atoms with Gasteiger partial charge in [0.25, 0.3) is 5.91 Å². The van der Waals surface area contributed by atoms with E-state index in [0.717, 1.165) is 5.01 Å². The second kappa shape index (κ2) is 12.1. The van der Waals surface area contributed by atoms with Gasteiger partial charge in [0.2, 0.25) is 12.0 Å². The van der Waals surface area contributed by atoms with Crippen LogP contribution in [0.5, 0.6) is 0 Å². The molecule has 206 valence electrons. The lowest BCUT2D eigenvalue weighted by Gasteiger charge is -2.30. The quantitative estimate of drug-likeness (QED) is 0.152. The van der Waals surface area contributed by atoms with Crippen LogP contribution in [0.3, 0.4) is 0 Å². The van der Waals surface area contributed by atoms with Crippen molar-refractivity contribution in [1.82, 2.24) is 30.7 Å². The van der Waals surface area contributed by atoms with Gasteiger partial charge in [-0.25, -0.2) is 9.80 Å². The molecule has 0 aliphatic rings. The maximum Gasteiger partial charge on any atom is 0.398 e. The van der Waals surface area contributed by atoms with Crippen LogP contribution in [0.25, 0.3) is 16.7 Å². The number of nitrogens with zero attached hydrogens (tertiary/aromatic N) is 5. The van der Waals surface area contributed by atoms with Gasteiger partial charge in [-0.3, -0.25) is 19.8 Å². The summed E-state index contributed by atoms with van der Waals surface area (Å²) >= 11 is 6.20. The molecule has 41 heavy (non-hydrogen) atoms. The molecule has 2 N–H and O–H groups in total. The first kappa shape index (κ1) is 27.0. The molecule has 0 saturated carbocycles. The third kappa shape index (κ3) is 6.20. The number of aldehydes is 1. The predicted octanol–water partition coefficient (Wildman–Crippen LogP) is 2.92. The first-order valence-corrected chi connectivity index (χ1v) is 12.4. The van der Waals surface area contributed by atoms with Crippen LogP contribution in [0.4, 0.5) is 5.69 Å². The number of nitrogens with one attached hydrogen (secondary N) is 2. The molecule has 0 bridgehead atoms. The molecule has 5 rings (SSSR count). The second-order valence-electron chi connectivity index (χ2n) is 8.56. The van der Waals surface area contributed by atoms with Crippen LogP contribution >= 0.6 is 11.6 Å². The fourth-order valence-corrected chi connectivity index (χ4v) is 4.15. The average molecular weight is 574 g/mol. The molecular formula is C27H20ClN7O6. The Morgan fingerprint density at radius 1 is 1.05 bits per heavy atom. The molecular weight excluding hydrogens is 554 g/mol. The molecule has 2 aromatic heterocycles. The third-order valence-corrected chi connectivity index (χ3v) is 6.13. The summed E-state index contributed by atoms with van der Waals surface area (Å²) in [6.45, 7) is 0. The van der Waals surface area contributed by atoms with Gasteiger partial charge >= 0.3 is 11.9 Å². The molecule has 13 nitrogen and oxygen atoms in total. The lowest BCUT2D eigenvalue weighted by molar-refractivity contribution is -0.145. The number of aromatic nitrogens is 4. The highest BCUT2D eigenvalue weighted by molar-refractivity contribution is 6.31. The van der Waals surface area contributed by atoms with Gasteiger partial charge in [-0.2, -0.15) is 10.2 Å². The van der Waals surface area contributed by atoms with Crippen molar-refractivity contribution in [1.29, 1.82) is 0 Å². The van der Waals surface area contributed by atoms with Crippen LogP contribution in [-0.4, -0.2) is 55.3 Å². The zero-order valence-electron chi connectivity index (χ0n) is 21.0. The highest BCUT2D eigenvalue weighted by Crippen LogP contribution is 2.25. The van der Waals surface area contributed by atoms with Crippen LogP contribution in [0.2, 0.25) is 5.02 Å². The number of para-hydroxylation sites is 1. The van der Waals surface area contributed by atoms with Gasteiger partial charge in [-0.15, -0.1) is 5.10 Å².